The van der Waals surface area contributed by atoms with E-state index in [0.29, 0.717) is 12.3 Å². The summed E-state index contributed by atoms with van der Waals surface area (Å²) < 4.78 is 13.5. The number of aromatic nitrogens is 3. The molecule has 2 heterocycles. The summed E-state index contributed by atoms with van der Waals surface area (Å²) in [6, 6.07) is 7.70. The van der Waals surface area contributed by atoms with Gasteiger partial charge in [0.05, 0.1) is 18.3 Å². The molecule has 0 atom stereocenters. The summed E-state index contributed by atoms with van der Waals surface area (Å²) in [4.78, 5) is 16.3. The van der Waals surface area contributed by atoms with Crippen LogP contribution in [0.25, 0.3) is 16.8 Å². The number of amides is 1. The van der Waals surface area contributed by atoms with Crippen LogP contribution in [0, 0.1) is 0 Å². The molecule has 2 aromatic heterocycles. The van der Waals surface area contributed by atoms with Crippen molar-refractivity contribution in [2.45, 2.75) is 32.9 Å². The monoisotopic (exact) mass is 432 g/mol. The molecule has 8 heteroatoms. The maximum absolute atomic E-state index is 11.9. The van der Waals surface area contributed by atoms with Crippen LogP contribution in [0.4, 0.5) is 4.79 Å². The van der Waals surface area contributed by atoms with E-state index in [1.165, 1.54) is 6.33 Å². The molecule has 0 saturated heterocycles. The highest BCUT2D eigenvalue weighted by Gasteiger charge is 2.17. The van der Waals surface area contributed by atoms with E-state index < -0.39 is 11.7 Å². The molecular formula is C19H21BrN4O3. The first-order valence-corrected chi connectivity index (χ1v) is 9.19. The maximum atomic E-state index is 11.9. The van der Waals surface area contributed by atoms with Gasteiger partial charge in [-0.15, -0.1) is 0 Å². The van der Waals surface area contributed by atoms with Gasteiger partial charge in [-0.1, -0.05) is 12.1 Å². The van der Waals surface area contributed by atoms with E-state index in [1.807, 2.05) is 51.2 Å². The Morgan fingerprint density at radius 1 is 1.30 bits per heavy atom. The van der Waals surface area contributed by atoms with Crippen LogP contribution in [-0.4, -0.2) is 33.4 Å². The van der Waals surface area contributed by atoms with Crippen LogP contribution in [0.1, 0.15) is 26.3 Å². The first-order valence-electron chi connectivity index (χ1n) is 8.40. The number of halogens is 1. The Morgan fingerprint density at radius 2 is 2.07 bits per heavy atom. The summed E-state index contributed by atoms with van der Waals surface area (Å²) in [7, 11) is 1.60. The number of nitrogens with zero attached hydrogens (tertiary/aromatic N) is 3. The number of benzene rings is 1. The number of hydrogen-bond donors (Lipinski definition) is 1. The zero-order valence-corrected chi connectivity index (χ0v) is 17.2. The summed E-state index contributed by atoms with van der Waals surface area (Å²) in [6.07, 6.45) is 2.92. The fourth-order valence-electron chi connectivity index (χ4n) is 2.64. The Hall–Kier alpha value is -2.61. The second-order valence-corrected chi connectivity index (χ2v) is 7.89. The molecule has 0 aliphatic heterocycles. The molecule has 27 heavy (non-hydrogen) atoms. The van der Waals surface area contributed by atoms with E-state index >= 15 is 0 Å². The molecule has 0 spiro atoms. The number of alkyl carbamates (subject to hydrolysis) is 1. The number of fused-ring (bicyclic) bond motifs is 1. The number of ether oxygens (including phenoxy) is 2. The van der Waals surface area contributed by atoms with Gasteiger partial charge in [-0.3, -0.25) is 0 Å². The van der Waals surface area contributed by atoms with Crippen LogP contribution in [-0.2, 0) is 11.3 Å². The van der Waals surface area contributed by atoms with Gasteiger partial charge >= 0.3 is 6.09 Å². The molecule has 1 aromatic carbocycles. The highest BCUT2D eigenvalue weighted by Crippen LogP contribution is 2.30. The number of carbonyl (C=O) groups is 1. The van der Waals surface area contributed by atoms with Crippen LogP contribution in [0.5, 0.6) is 5.75 Å². The van der Waals surface area contributed by atoms with Gasteiger partial charge in [0.25, 0.3) is 0 Å². The van der Waals surface area contributed by atoms with Crippen molar-refractivity contribution in [1.82, 2.24) is 19.9 Å². The van der Waals surface area contributed by atoms with Gasteiger partial charge in [0, 0.05) is 28.3 Å². The predicted octanol–water partition coefficient (Wildman–Crippen LogP) is 4.19. The summed E-state index contributed by atoms with van der Waals surface area (Å²) in [5, 5.41) is 6.95. The van der Waals surface area contributed by atoms with Crippen molar-refractivity contribution in [1.29, 1.82) is 0 Å². The Balaban J connectivity index is 1.85. The minimum Gasteiger partial charge on any atom is -0.496 e. The van der Waals surface area contributed by atoms with Crippen molar-refractivity contribution in [3.8, 4) is 17.0 Å². The largest absolute Gasteiger partial charge is 0.496 e. The van der Waals surface area contributed by atoms with Crippen molar-refractivity contribution in [3.05, 3.63) is 46.8 Å². The quantitative estimate of drug-likeness (QED) is 0.668. The van der Waals surface area contributed by atoms with E-state index in [9.17, 15) is 4.79 Å². The number of nitrogens with one attached hydrogen (secondary N) is 1. The average molecular weight is 433 g/mol. The lowest BCUT2D eigenvalue weighted by Crippen LogP contribution is -2.32. The normalized spacial score (nSPS) is 11.4. The summed E-state index contributed by atoms with van der Waals surface area (Å²) in [5.41, 5.74) is 2.87. The number of carbonyl (C=O) groups excluding carboxylic acids is 1. The maximum Gasteiger partial charge on any atom is 0.407 e. The first-order chi connectivity index (χ1) is 12.8. The lowest BCUT2D eigenvalue weighted by atomic mass is 10.1. The summed E-state index contributed by atoms with van der Waals surface area (Å²) >= 11 is 3.46. The third-order valence-electron chi connectivity index (χ3n) is 3.76. The average Bonchev–Trinajstić information content (AvgIpc) is 2.98. The van der Waals surface area contributed by atoms with Gasteiger partial charge in [0.2, 0.25) is 0 Å². The molecule has 1 amide bonds. The zero-order valence-electron chi connectivity index (χ0n) is 15.6. The van der Waals surface area contributed by atoms with Crippen LogP contribution in [0.3, 0.4) is 0 Å². The standard InChI is InChI=1S/C19H21BrN4O3/c1-19(2,3)27-18(25)21-9-13-6-5-12(7-16(13)26-4)17-15-8-14(20)10-24(15)23-11-22-17/h5-8,10-11H,9H2,1-4H3,(H,21,25). The molecule has 0 aliphatic carbocycles. The SMILES string of the molecule is COc1cc(-c2ncnn3cc(Br)cc23)ccc1CNC(=O)OC(C)(C)C. The fraction of sp³-hybridized carbons (Fsp3) is 0.316. The minimum absolute atomic E-state index is 0.300. The van der Waals surface area contributed by atoms with Gasteiger partial charge in [-0.05, 0) is 48.8 Å². The van der Waals surface area contributed by atoms with Crippen molar-refractivity contribution >= 4 is 27.5 Å². The van der Waals surface area contributed by atoms with Gasteiger partial charge < -0.3 is 14.8 Å². The lowest BCUT2D eigenvalue weighted by molar-refractivity contribution is 0.0523. The third kappa shape index (κ3) is 4.57. The van der Waals surface area contributed by atoms with Gasteiger partial charge in [0.15, 0.2) is 0 Å². The predicted molar refractivity (Wildman–Crippen MR) is 106 cm³/mol. The molecule has 0 bridgehead atoms. The zero-order chi connectivity index (χ0) is 19.6. The first kappa shape index (κ1) is 19.2. The van der Waals surface area contributed by atoms with Gasteiger partial charge in [0.1, 0.15) is 17.7 Å². The number of hydrogen-bond acceptors (Lipinski definition) is 5. The van der Waals surface area contributed by atoms with E-state index in [-0.39, 0.29) is 0 Å². The number of methoxy groups -OCH3 is 1. The topological polar surface area (TPSA) is 77.8 Å². The van der Waals surface area contributed by atoms with Crippen molar-refractivity contribution in [3.63, 3.8) is 0 Å². The summed E-state index contributed by atoms with van der Waals surface area (Å²) in [6.45, 7) is 5.77. The Morgan fingerprint density at radius 3 is 2.78 bits per heavy atom. The molecule has 3 aromatic rings. The van der Waals surface area contributed by atoms with Gasteiger partial charge in [-0.25, -0.2) is 14.3 Å². The van der Waals surface area contributed by atoms with Crippen molar-refractivity contribution in [2.75, 3.05) is 7.11 Å². The van der Waals surface area contributed by atoms with Crippen LogP contribution in [0.15, 0.2) is 41.3 Å². The highest BCUT2D eigenvalue weighted by molar-refractivity contribution is 9.10. The van der Waals surface area contributed by atoms with E-state index in [4.69, 9.17) is 9.47 Å². The minimum atomic E-state index is -0.540. The molecule has 0 unspecified atom stereocenters. The van der Waals surface area contributed by atoms with Crippen LogP contribution < -0.4 is 10.1 Å². The van der Waals surface area contributed by atoms with E-state index in [1.54, 1.807) is 11.6 Å². The summed E-state index contributed by atoms with van der Waals surface area (Å²) in [5.74, 6) is 0.658. The molecule has 0 saturated carbocycles. The van der Waals surface area contributed by atoms with Crippen molar-refractivity contribution < 1.29 is 14.3 Å². The molecule has 0 radical (unpaired) electrons. The van der Waals surface area contributed by atoms with E-state index in [0.717, 1.165) is 26.8 Å². The lowest BCUT2D eigenvalue weighted by Gasteiger charge is -2.20. The third-order valence-corrected chi connectivity index (χ3v) is 4.19. The van der Waals surface area contributed by atoms with Crippen LogP contribution in [0.2, 0.25) is 0 Å². The molecule has 1 N–H and O–H groups in total. The molecule has 7 nitrogen and oxygen atoms in total. The van der Waals surface area contributed by atoms with Crippen molar-refractivity contribution in [2.24, 2.45) is 0 Å². The Kier molecular flexibility index (Phi) is 5.36. The second-order valence-electron chi connectivity index (χ2n) is 6.98. The molecule has 0 fully saturated rings. The molecule has 142 valence electrons. The Labute approximate surface area is 165 Å². The molecule has 3 rings (SSSR count). The number of rotatable bonds is 4. The van der Waals surface area contributed by atoms with Crippen LogP contribution >= 0.6 is 15.9 Å². The fourth-order valence-corrected chi connectivity index (χ4v) is 3.05. The van der Waals surface area contributed by atoms with Gasteiger partial charge in [-0.2, -0.15) is 5.10 Å². The second kappa shape index (κ2) is 7.56. The molecular weight excluding hydrogens is 412 g/mol. The van der Waals surface area contributed by atoms with E-state index in [2.05, 4.69) is 31.3 Å². The highest BCUT2D eigenvalue weighted by atomic mass is 79.9. The Bertz CT molecular complexity index is 979. The smallest absolute Gasteiger partial charge is 0.407 e. The molecule has 0 aliphatic rings.